The second kappa shape index (κ2) is 5.14. The monoisotopic (exact) mass is 253 g/mol. The van der Waals surface area contributed by atoms with Crippen LogP contribution in [0.3, 0.4) is 0 Å². The van der Waals surface area contributed by atoms with E-state index in [4.69, 9.17) is 11.1 Å². The van der Waals surface area contributed by atoms with Crippen molar-refractivity contribution < 1.29 is 4.79 Å². The van der Waals surface area contributed by atoms with Gasteiger partial charge in [-0.1, -0.05) is 0 Å². The van der Waals surface area contributed by atoms with Crippen molar-refractivity contribution in [3.63, 3.8) is 0 Å². The van der Waals surface area contributed by atoms with Crippen LogP contribution in [0.4, 0.5) is 4.79 Å². The molecule has 2 aliphatic rings. The maximum Gasteiger partial charge on any atom is 0.318 e. The summed E-state index contributed by atoms with van der Waals surface area (Å²) >= 11 is 0. The molecule has 0 spiro atoms. The van der Waals surface area contributed by atoms with Crippen LogP contribution in [0.1, 0.15) is 25.7 Å². The highest BCUT2D eigenvalue weighted by Crippen LogP contribution is 2.22. The van der Waals surface area contributed by atoms with Gasteiger partial charge in [-0.25, -0.2) is 4.79 Å². The summed E-state index contributed by atoms with van der Waals surface area (Å²) in [5.41, 5.74) is 5.09. The average molecular weight is 253 g/mol. The van der Waals surface area contributed by atoms with Gasteiger partial charge >= 0.3 is 6.03 Å². The first-order chi connectivity index (χ1) is 8.53. The van der Waals surface area contributed by atoms with Gasteiger partial charge in [0.1, 0.15) is 11.4 Å². The summed E-state index contributed by atoms with van der Waals surface area (Å²) in [5.74, 6) is 0.0862. The number of nitrogens with zero attached hydrogens (tertiary/aromatic N) is 2. The number of carbonyl (C=O) groups is 1. The van der Waals surface area contributed by atoms with Gasteiger partial charge in [-0.3, -0.25) is 5.41 Å². The molecule has 2 amide bonds. The summed E-state index contributed by atoms with van der Waals surface area (Å²) in [6.45, 7) is 3.36. The predicted molar refractivity (Wildman–Crippen MR) is 70.7 cm³/mol. The third kappa shape index (κ3) is 2.58. The second-order valence-electron chi connectivity index (χ2n) is 5.42. The molecule has 6 nitrogen and oxygen atoms in total. The quantitative estimate of drug-likeness (QED) is 0.485. The molecule has 0 unspecified atom stereocenters. The van der Waals surface area contributed by atoms with Gasteiger partial charge in [-0.05, 0) is 32.7 Å². The molecule has 0 atom stereocenters. The Hall–Kier alpha value is -1.30. The number of piperidine rings is 1. The van der Waals surface area contributed by atoms with Crippen molar-refractivity contribution >= 4 is 11.9 Å². The molecule has 6 heteroatoms. The number of nitrogens with two attached hydrogens (primary N) is 1. The largest absolute Gasteiger partial charge is 0.386 e. The van der Waals surface area contributed by atoms with Crippen LogP contribution in [0, 0.1) is 5.41 Å². The minimum Gasteiger partial charge on any atom is -0.386 e. The van der Waals surface area contributed by atoms with Crippen molar-refractivity contribution in [2.75, 3.05) is 33.2 Å². The highest BCUT2D eigenvalue weighted by Gasteiger charge is 2.39. The summed E-state index contributed by atoms with van der Waals surface area (Å²) in [6, 6.07) is -0.0627. The lowest BCUT2D eigenvalue weighted by molar-refractivity contribution is 0.173. The molecule has 4 N–H and O–H groups in total. The molecule has 102 valence electrons. The van der Waals surface area contributed by atoms with Gasteiger partial charge < -0.3 is 20.9 Å². The van der Waals surface area contributed by atoms with E-state index in [9.17, 15) is 4.79 Å². The van der Waals surface area contributed by atoms with Crippen LogP contribution in [0.25, 0.3) is 0 Å². The number of hydrogen-bond acceptors (Lipinski definition) is 3. The number of hydrogen-bond donors (Lipinski definition) is 3. The first-order valence-electron chi connectivity index (χ1n) is 6.64. The minimum atomic E-state index is -0.633. The molecule has 2 fully saturated rings. The van der Waals surface area contributed by atoms with Crippen molar-refractivity contribution in [2.24, 2.45) is 5.73 Å². The number of carbonyl (C=O) groups excluding carboxylic acids is 1. The molecule has 0 saturated carbocycles. The first kappa shape index (κ1) is 13.1. The van der Waals surface area contributed by atoms with Gasteiger partial charge in [-0.15, -0.1) is 0 Å². The van der Waals surface area contributed by atoms with Crippen LogP contribution in [-0.4, -0.2) is 60.4 Å². The fraction of sp³-hybridized carbons (Fsp3) is 0.833. The SMILES string of the molecule is CN1CCC(NC(=O)N2CCCC2)(C(=N)N)CC1. The Morgan fingerprint density at radius 1 is 1.22 bits per heavy atom. The maximum atomic E-state index is 12.2. The highest BCUT2D eigenvalue weighted by molar-refractivity contribution is 5.92. The van der Waals surface area contributed by atoms with Crippen LogP contribution >= 0.6 is 0 Å². The normalized spacial score (nSPS) is 23.9. The molecule has 0 aliphatic carbocycles. The number of amides is 2. The maximum absolute atomic E-state index is 12.2. The van der Waals surface area contributed by atoms with E-state index in [1.165, 1.54) is 0 Å². The standard InChI is InChI=1S/C12H23N5O/c1-16-8-4-12(5-9-16,10(13)14)15-11(18)17-6-2-3-7-17/h2-9H2,1H3,(H3,13,14)(H,15,18). The van der Waals surface area contributed by atoms with Gasteiger partial charge in [0, 0.05) is 26.2 Å². The van der Waals surface area contributed by atoms with E-state index in [1.807, 2.05) is 11.9 Å². The minimum absolute atomic E-state index is 0.0627. The lowest BCUT2D eigenvalue weighted by atomic mass is 9.86. The van der Waals surface area contributed by atoms with Gasteiger partial charge in [0.05, 0.1) is 0 Å². The van der Waals surface area contributed by atoms with Crippen molar-refractivity contribution in [3.8, 4) is 0 Å². The van der Waals surface area contributed by atoms with E-state index in [1.54, 1.807) is 0 Å². The summed E-state index contributed by atoms with van der Waals surface area (Å²) < 4.78 is 0. The van der Waals surface area contributed by atoms with E-state index in [-0.39, 0.29) is 11.9 Å². The Bertz CT molecular complexity index is 329. The Labute approximate surface area is 108 Å². The van der Waals surface area contributed by atoms with E-state index in [0.29, 0.717) is 0 Å². The van der Waals surface area contributed by atoms with Gasteiger partial charge in [0.15, 0.2) is 0 Å². The Balaban J connectivity index is 2.01. The zero-order chi connectivity index (χ0) is 13.2. The molecule has 2 aliphatic heterocycles. The Morgan fingerprint density at radius 3 is 2.28 bits per heavy atom. The Kier molecular flexibility index (Phi) is 3.75. The number of amidine groups is 1. The molecular weight excluding hydrogens is 230 g/mol. The first-order valence-corrected chi connectivity index (χ1v) is 6.64. The molecule has 2 saturated heterocycles. The summed E-state index contributed by atoms with van der Waals surface area (Å²) in [7, 11) is 2.05. The summed E-state index contributed by atoms with van der Waals surface area (Å²) in [4.78, 5) is 16.2. The molecule has 18 heavy (non-hydrogen) atoms. The lowest BCUT2D eigenvalue weighted by Crippen LogP contribution is -2.63. The summed E-state index contributed by atoms with van der Waals surface area (Å²) in [5, 5.41) is 10.8. The van der Waals surface area contributed by atoms with Crippen LogP contribution in [0.2, 0.25) is 0 Å². The predicted octanol–water partition coefficient (Wildman–Crippen LogP) is 0.192. The topological polar surface area (TPSA) is 85.5 Å². The van der Waals surface area contributed by atoms with Crippen LogP contribution in [-0.2, 0) is 0 Å². The van der Waals surface area contributed by atoms with E-state index < -0.39 is 5.54 Å². The van der Waals surface area contributed by atoms with Crippen molar-refractivity contribution in [2.45, 2.75) is 31.2 Å². The zero-order valence-electron chi connectivity index (χ0n) is 11.0. The fourth-order valence-electron chi connectivity index (χ4n) is 2.67. The van der Waals surface area contributed by atoms with E-state index in [0.717, 1.165) is 51.9 Å². The number of likely N-dealkylation sites (tertiary alicyclic amines) is 2. The Morgan fingerprint density at radius 2 is 1.78 bits per heavy atom. The molecule has 0 aromatic heterocycles. The zero-order valence-corrected chi connectivity index (χ0v) is 11.0. The van der Waals surface area contributed by atoms with E-state index >= 15 is 0 Å². The number of urea groups is 1. The van der Waals surface area contributed by atoms with Crippen molar-refractivity contribution in [1.82, 2.24) is 15.1 Å². The summed E-state index contributed by atoms with van der Waals surface area (Å²) in [6.07, 6.45) is 3.59. The molecule has 0 aromatic carbocycles. The molecule has 0 radical (unpaired) electrons. The smallest absolute Gasteiger partial charge is 0.318 e. The van der Waals surface area contributed by atoms with Gasteiger partial charge in [-0.2, -0.15) is 0 Å². The van der Waals surface area contributed by atoms with Crippen molar-refractivity contribution in [3.05, 3.63) is 0 Å². The van der Waals surface area contributed by atoms with Crippen molar-refractivity contribution in [1.29, 1.82) is 5.41 Å². The lowest BCUT2D eigenvalue weighted by Gasteiger charge is -2.41. The van der Waals surface area contributed by atoms with Crippen LogP contribution in [0.15, 0.2) is 0 Å². The van der Waals surface area contributed by atoms with E-state index in [2.05, 4.69) is 10.2 Å². The fourth-order valence-corrected chi connectivity index (χ4v) is 2.67. The molecular formula is C12H23N5O. The third-order valence-electron chi connectivity index (χ3n) is 4.10. The number of rotatable bonds is 2. The van der Waals surface area contributed by atoms with Gasteiger partial charge in [0.2, 0.25) is 0 Å². The molecule has 2 heterocycles. The second-order valence-corrected chi connectivity index (χ2v) is 5.42. The van der Waals surface area contributed by atoms with Crippen LogP contribution in [0.5, 0.6) is 0 Å². The average Bonchev–Trinajstić information content (AvgIpc) is 2.85. The molecule has 0 bridgehead atoms. The van der Waals surface area contributed by atoms with Gasteiger partial charge in [0.25, 0.3) is 0 Å². The molecule has 0 aromatic rings. The van der Waals surface area contributed by atoms with Crippen LogP contribution < -0.4 is 11.1 Å². The third-order valence-corrected chi connectivity index (χ3v) is 4.10. The number of nitrogens with one attached hydrogen (secondary N) is 2. The highest BCUT2D eigenvalue weighted by atomic mass is 16.2. The molecule has 2 rings (SSSR count).